The molecule has 1 aromatic rings. The summed E-state index contributed by atoms with van der Waals surface area (Å²) in [6.07, 6.45) is 12.7. The molecule has 0 spiro atoms. The van der Waals surface area contributed by atoms with Crippen LogP contribution in [0.5, 0.6) is 5.75 Å². The quantitative estimate of drug-likeness (QED) is 0.341. The minimum atomic E-state index is 0.0198. The Hall–Kier alpha value is -1.06. The molecule has 0 amide bonds. The zero-order valence-corrected chi connectivity index (χ0v) is 21.8. The molecule has 1 saturated heterocycles. The maximum Gasteiger partial charge on any atom is 0.119 e. The molecule has 3 rings (SSSR count). The minimum Gasteiger partial charge on any atom is -0.493 e. The zero-order chi connectivity index (χ0) is 23.2. The molecule has 2 fully saturated rings. The number of benzene rings is 1. The molecule has 182 valence electrons. The fourth-order valence-electron chi connectivity index (χ4n) is 6.29. The van der Waals surface area contributed by atoms with Gasteiger partial charge in [0.1, 0.15) is 5.75 Å². The van der Waals surface area contributed by atoms with Gasteiger partial charge in [-0.15, -0.1) is 0 Å². The van der Waals surface area contributed by atoms with Crippen LogP contribution in [0.3, 0.4) is 0 Å². The Morgan fingerprint density at radius 1 is 0.844 bits per heavy atom. The van der Waals surface area contributed by atoms with E-state index in [1.807, 2.05) is 0 Å². The lowest BCUT2D eigenvalue weighted by molar-refractivity contribution is -0.283. The van der Waals surface area contributed by atoms with Gasteiger partial charge < -0.3 is 4.74 Å². The van der Waals surface area contributed by atoms with Crippen LogP contribution < -0.4 is 4.74 Å². The molecule has 1 heterocycles. The summed E-state index contributed by atoms with van der Waals surface area (Å²) in [6, 6.07) is 9.00. The van der Waals surface area contributed by atoms with Crippen molar-refractivity contribution in [2.24, 2.45) is 11.8 Å². The van der Waals surface area contributed by atoms with Crippen LogP contribution in [0.15, 0.2) is 24.3 Å². The Bertz CT molecular complexity index is 655. The third-order valence-electron chi connectivity index (χ3n) is 7.81. The molecule has 32 heavy (non-hydrogen) atoms. The monoisotopic (exact) mass is 443 g/mol. The third kappa shape index (κ3) is 6.73. The number of piperidine rings is 1. The van der Waals surface area contributed by atoms with Crippen LogP contribution >= 0.6 is 0 Å². The highest BCUT2D eigenvalue weighted by molar-refractivity contribution is 5.30. The first-order valence-electron chi connectivity index (χ1n) is 13.4. The van der Waals surface area contributed by atoms with Crippen LogP contribution in [0.4, 0.5) is 0 Å². The lowest BCUT2D eigenvalue weighted by atomic mass is 9.72. The van der Waals surface area contributed by atoms with Gasteiger partial charge in [-0.3, -0.25) is 4.84 Å². The summed E-state index contributed by atoms with van der Waals surface area (Å²) in [5.74, 6) is 3.28. The molecule has 1 aliphatic carbocycles. The van der Waals surface area contributed by atoms with Crippen molar-refractivity contribution < 1.29 is 9.57 Å². The van der Waals surface area contributed by atoms with Gasteiger partial charge >= 0.3 is 0 Å². The van der Waals surface area contributed by atoms with Crippen molar-refractivity contribution in [2.45, 2.75) is 123 Å². The predicted octanol–water partition coefficient (Wildman–Crippen LogP) is 8.14. The first kappa shape index (κ1) is 25.6. The number of hydrogen-bond acceptors (Lipinski definition) is 3. The molecule has 3 heteroatoms. The molecular weight excluding hydrogens is 394 g/mol. The highest BCUT2D eigenvalue weighted by Gasteiger charge is 2.46. The summed E-state index contributed by atoms with van der Waals surface area (Å²) in [5.41, 5.74) is 1.48. The van der Waals surface area contributed by atoms with Crippen LogP contribution in [0.1, 0.15) is 117 Å². The van der Waals surface area contributed by atoms with Crippen LogP contribution in [0.25, 0.3) is 0 Å². The van der Waals surface area contributed by atoms with Crippen LogP contribution in [0, 0.1) is 11.8 Å². The number of rotatable bonds is 10. The molecule has 0 atom stereocenters. The van der Waals surface area contributed by atoms with Crippen molar-refractivity contribution in [3.05, 3.63) is 29.8 Å². The smallest absolute Gasteiger partial charge is 0.119 e. The van der Waals surface area contributed by atoms with E-state index in [1.54, 1.807) is 0 Å². The predicted molar refractivity (Wildman–Crippen MR) is 135 cm³/mol. The Labute approximate surface area is 198 Å². The summed E-state index contributed by atoms with van der Waals surface area (Å²) in [7, 11) is 0. The van der Waals surface area contributed by atoms with E-state index >= 15 is 0 Å². The fraction of sp³-hybridized carbons (Fsp3) is 0.793. The van der Waals surface area contributed by atoms with Crippen LogP contribution in [-0.2, 0) is 4.84 Å². The standard InChI is InChI=1S/C29H49NO2/c1-7-9-19-32-30-28(3,4)20-26(21-29(30,5)6)25-15-17-27(18-16-25)31-22-24-13-11-23(10-8-2)12-14-24/h15-18,23-24,26H,7-14,19-22H2,1-6H3. The summed E-state index contributed by atoms with van der Waals surface area (Å²) >= 11 is 0. The molecule has 0 bridgehead atoms. The molecule has 1 aliphatic heterocycles. The molecule has 0 unspecified atom stereocenters. The first-order chi connectivity index (χ1) is 15.2. The maximum atomic E-state index is 6.28. The molecule has 1 aromatic carbocycles. The highest BCUT2D eigenvalue weighted by atomic mass is 16.7. The Balaban J connectivity index is 1.53. The van der Waals surface area contributed by atoms with Gasteiger partial charge in [0, 0.05) is 11.1 Å². The van der Waals surface area contributed by atoms with Crippen LogP contribution in [-0.4, -0.2) is 29.4 Å². The van der Waals surface area contributed by atoms with Crippen molar-refractivity contribution in [1.82, 2.24) is 5.06 Å². The van der Waals surface area contributed by atoms with E-state index in [9.17, 15) is 0 Å². The molecule has 1 saturated carbocycles. The first-order valence-corrected chi connectivity index (χ1v) is 13.4. The topological polar surface area (TPSA) is 21.7 Å². The zero-order valence-electron chi connectivity index (χ0n) is 21.8. The molecule has 3 nitrogen and oxygen atoms in total. The van der Waals surface area contributed by atoms with Gasteiger partial charge in [0.25, 0.3) is 0 Å². The number of hydroxylamine groups is 2. The molecule has 0 radical (unpaired) electrons. The lowest BCUT2D eigenvalue weighted by Crippen LogP contribution is -2.59. The molecule has 0 N–H and O–H groups in total. The van der Waals surface area contributed by atoms with Crippen molar-refractivity contribution in [3.8, 4) is 5.75 Å². The van der Waals surface area contributed by atoms with Gasteiger partial charge in [-0.2, -0.15) is 5.06 Å². The summed E-state index contributed by atoms with van der Waals surface area (Å²) in [4.78, 5) is 6.28. The number of unbranched alkanes of at least 4 members (excludes halogenated alkanes) is 1. The molecular formula is C29H49NO2. The van der Waals surface area contributed by atoms with E-state index in [1.165, 1.54) is 50.5 Å². The van der Waals surface area contributed by atoms with Crippen molar-refractivity contribution >= 4 is 0 Å². The largest absolute Gasteiger partial charge is 0.493 e. The second-order valence-electron chi connectivity index (χ2n) is 11.8. The van der Waals surface area contributed by atoms with Gasteiger partial charge in [-0.1, -0.05) is 58.1 Å². The Morgan fingerprint density at radius 2 is 1.44 bits per heavy atom. The Kier molecular flexibility index (Phi) is 9.09. The van der Waals surface area contributed by atoms with Crippen LogP contribution in [0.2, 0.25) is 0 Å². The van der Waals surface area contributed by atoms with E-state index in [0.717, 1.165) is 50.1 Å². The Morgan fingerprint density at radius 3 is 2.00 bits per heavy atom. The lowest BCUT2D eigenvalue weighted by Gasteiger charge is -2.54. The number of hydrogen-bond donors (Lipinski definition) is 0. The SMILES string of the molecule is CCCCON1C(C)(C)CC(c2ccc(OCC3CCC(CCC)CC3)cc2)CC1(C)C. The maximum absolute atomic E-state index is 6.28. The van der Waals surface area contributed by atoms with E-state index in [2.05, 4.69) is 70.9 Å². The van der Waals surface area contributed by atoms with E-state index in [4.69, 9.17) is 9.57 Å². The van der Waals surface area contributed by atoms with Gasteiger partial charge in [0.2, 0.25) is 0 Å². The van der Waals surface area contributed by atoms with Crippen molar-refractivity contribution in [1.29, 1.82) is 0 Å². The molecule has 0 aromatic heterocycles. The van der Waals surface area contributed by atoms with E-state index < -0.39 is 0 Å². The highest BCUT2D eigenvalue weighted by Crippen LogP contribution is 2.46. The summed E-state index contributed by atoms with van der Waals surface area (Å²) in [5, 5.41) is 2.29. The van der Waals surface area contributed by atoms with E-state index in [-0.39, 0.29) is 11.1 Å². The second-order valence-corrected chi connectivity index (χ2v) is 11.8. The van der Waals surface area contributed by atoms with Gasteiger partial charge in [-0.05, 0) is 95.2 Å². The van der Waals surface area contributed by atoms with E-state index in [0.29, 0.717) is 5.92 Å². The third-order valence-corrected chi connectivity index (χ3v) is 7.81. The fourth-order valence-corrected chi connectivity index (χ4v) is 6.29. The van der Waals surface area contributed by atoms with Gasteiger partial charge in [-0.25, -0.2) is 0 Å². The molecule has 2 aliphatic rings. The second kappa shape index (κ2) is 11.4. The van der Waals surface area contributed by atoms with Gasteiger partial charge in [0.05, 0.1) is 13.2 Å². The average molecular weight is 444 g/mol. The summed E-state index contributed by atoms with van der Waals surface area (Å²) in [6.45, 7) is 15.6. The van der Waals surface area contributed by atoms with Gasteiger partial charge in [0.15, 0.2) is 0 Å². The number of ether oxygens (including phenoxy) is 1. The van der Waals surface area contributed by atoms with Crippen molar-refractivity contribution in [3.63, 3.8) is 0 Å². The minimum absolute atomic E-state index is 0.0198. The normalized spacial score (nSPS) is 26.2. The van der Waals surface area contributed by atoms with Crippen molar-refractivity contribution in [2.75, 3.05) is 13.2 Å². The number of nitrogens with zero attached hydrogens (tertiary/aromatic N) is 1. The average Bonchev–Trinajstić information content (AvgIpc) is 2.75. The summed E-state index contributed by atoms with van der Waals surface area (Å²) < 4.78 is 6.21.